The monoisotopic (exact) mass is 682 g/mol. The summed E-state index contributed by atoms with van der Waals surface area (Å²) in [5.41, 5.74) is 0. The molecule has 1 unspecified atom stereocenters. The predicted molar refractivity (Wildman–Crippen MR) is 181 cm³/mol. The molecule has 0 aliphatic heterocycles. The molecule has 12 heteroatoms. The smallest absolute Gasteiger partial charge is 0.305 e. The summed E-state index contributed by atoms with van der Waals surface area (Å²) in [6.07, 6.45) is 9.94. The van der Waals surface area contributed by atoms with Crippen molar-refractivity contribution in [2.75, 3.05) is 139 Å². The van der Waals surface area contributed by atoms with Gasteiger partial charge in [-0.3, -0.25) is 4.79 Å². The van der Waals surface area contributed by atoms with E-state index in [1.807, 2.05) is 0 Å². The van der Waals surface area contributed by atoms with Gasteiger partial charge in [0.05, 0.1) is 126 Å². The lowest BCUT2D eigenvalue weighted by Crippen LogP contribution is -2.15. The third-order valence-electron chi connectivity index (χ3n) is 6.92. The molecule has 12 nitrogen and oxygen atoms in total. The van der Waals surface area contributed by atoms with Crippen LogP contribution in [0.1, 0.15) is 78.6 Å². The minimum absolute atomic E-state index is 0.139. The molecular formula is C35H70O12. The summed E-state index contributed by atoms with van der Waals surface area (Å²) in [5.74, 6) is 0.457. The standard InChI is InChI=1S/C35H70O12/c1-4-6-7-8-9-10-11-12-35(36)47-32-31-45-28-27-43-24-23-41-20-19-39-16-15-37-13-14-38-17-18-40-21-22-42-25-26-44-29-30-46-33-34(3)5-2/h34H,4-33H2,1-3H3. The molecule has 0 aromatic rings. The largest absolute Gasteiger partial charge is 0.463 e. The number of hydrogen-bond donors (Lipinski definition) is 0. The van der Waals surface area contributed by atoms with Crippen LogP contribution in [0.3, 0.4) is 0 Å². The van der Waals surface area contributed by atoms with Crippen molar-refractivity contribution < 1.29 is 56.9 Å². The minimum atomic E-state index is -0.139. The van der Waals surface area contributed by atoms with Gasteiger partial charge in [-0.2, -0.15) is 0 Å². The second-order valence-corrected chi connectivity index (χ2v) is 11.2. The Bertz CT molecular complexity index is 599. The predicted octanol–water partition coefficient (Wildman–Crippen LogP) is 4.88. The van der Waals surface area contributed by atoms with Crippen LogP contribution in [0.25, 0.3) is 0 Å². The van der Waals surface area contributed by atoms with Gasteiger partial charge in [-0.1, -0.05) is 65.7 Å². The number of carbonyl (C=O) groups excluding carboxylic acids is 1. The van der Waals surface area contributed by atoms with Gasteiger partial charge in [0.25, 0.3) is 0 Å². The van der Waals surface area contributed by atoms with Crippen LogP contribution in [0.15, 0.2) is 0 Å². The summed E-state index contributed by atoms with van der Waals surface area (Å²) in [5, 5.41) is 0. The van der Waals surface area contributed by atoms with E-state index in [0.717, 1.165) is 25.9 Å². The number of rotatable bonds is 41. The maximum absolute atomic E-state index is 11.7. The molecule has 0 rings (SSSR count). The Hall–Kier alpha value is -0.930. The maximum atomic E-state index is 11.7. The molecule has 0 aliphatic carbocycles. The van der Waals surface area contributed by atoms with Crippen LogP contribution in [-0.2, 0) is 56.9 Å². The van der Waals surface area contributed by atoms with Gasteiger partial charge in [0.15, 0.2) is 0 Å². The molecule has 282 valence electrons. The fourth-order valence-electron chi connectivity index (χ4n) is 3.89. The summed E-state index contributed by atoms with van der Waals surface area (Å²) in [7, 11) is 0. The Kier molecular flexibility index (Phi) is 40.4. The van der Waals surface area contributed by atoms with E-state index in [1.54, 1.807) is 0 Å². The van der Waals surface area contributed by atoms with Gasteiger partial charge in [-0.15, -0.1) is 0 Å². The lowest BCUT2D eigenvalue weighted by Gasteiger charge is -2.10. The quantitative estimate of drug-likeness (QED) is 0.0646. The van der Waals surface area contributed by atoms with Crippen molar-refractivity contribution in [3.8, 4) is 0 Å². The molecule has 0 saturated heterocycles. The fraction of sp³-hybridized carbons (Fsp3) is 0.971. The van der Waals surface area contributed by atoms with Gasteiger partial charge in [0, 0.05) is 13.0 Å². The summed E-state index contributed by atoms with van der Waals surface area (Å²) < 4.78 is 60.0. The van der Waals surface area contributed by atoms with E-state index in [9.17, 15) is 4.79 Å². The van der Waals surface area contributed by atoms with E-state index in [0.29, 0.717) is 138 Å². The molecule has 0 fully saturated rings. The SMILES string of the molecule is CCCCCCCCCC(=O)OCCOCCOCCOCCOCCOCCOCCOCCOCCOCCOCC(C)CC. The Morgan fingerprint density at radius 2 is 0.702 bits per heavy atom. The molecule has 0 spiro atoms. The molecule has 0 aliphatic rings. The number of esters is 1. The van der Waals surface area contributed by atoms with Crippen molar-refractivity contribution in [3.05, 3.63) is 0 Å². The van der Waals surface area contributed by atoms with Crippen LogP contribution in [0.4, 0.5) is 0 Å². The second-order valence-electron chi connectivity index (χ2n) is 11.2. The van der Waals surface area contributed by atoms with E-state index in [-0.39, 0.29) is 12.6 Å². The molecule has 0 heterocycles. The molecule has 47 heavy (non-hydrogen) atoms. The van der Waals surface area contributed by atoms with E-state index >= 15 is 0 Å². The number of hydrogen-bond acceptors (Lipinski definition) is 12. The zero-order valence-electron chi connectivity index (χ0n) is 30.2. The van der Waals surface area contributed by atoms with Gasteiger partial charge in [-0.25, -0.2) is 0 Å². The summed E-state index contributed by atoms with van der Waals surface area (Å²) in [6, 6.07) is 0. The first kappa shape index (κ1) is 46.1. The van der Waals surface area contributed by atoms with Crippen LogP contribution >= 0.6 is 0 Å². The minimum Gasteiger partial charge on any atom is -0.463 e. The van der Waals surface area contributed by atoms with Crippen LogP contribution < -0.4 is 0 Å². The molecule has 0 aromatic carbocycles. The average molecular weight is 683 g/mol. The third kappa shape index (κ3) is 41.2. The normalized spacial score (nSPS) is 12.1. The fourth-order valence-corrected chi connectivity index (χ4v) is 3.89. The van der Waals surface area contributed by atoms with E-state index in [2.05, 4.69) is 20.8 Å². The second kappa shape index (κ2) is 41.2. The van der Waals surface area contributed by atoms with Crippen molar-refractivity contribution in [2.24, 2.45) is 5.92 Å². The van der Waals surface area contributed by atoms with Gasteiger partial charge in [-0.05, 0) is 12.3 Å². The molecule has 0 amide bonds. The van der Waals surface area contributed by atoms with Crippen molar-refractivity contribution >= 4 is 5.97 Å². The van der Waals surface area contributed by atoms with Crippen molar-refractivity contribution in [3.63, 3.8) is 0 Å². The van der Waals surface area contributed by atoms with Crippen LogP contribution in [-0.4, -0.2) is 145 Å². The summed E-state index contributed by atoms with van der Waals surface area (Å²) in [6.45, 7) is 17.4. The molecule has 0 N–H and O–H groups in total. The topological polar surface area (TPSA) is 119 Å². The van der Waals surface area contributed by atoms with Crippen LogP contribution in [0.2, 0.25) is 0 Å². The first-order valence-corrected chi connectivity index (χ1v) is 18.1. The molecule has 0 bridgehead atoms. The van der Waals surface area contributed by atoms with Gasteiger partial charge < -0.3 is 52.1 Å². The lowest BCUT2D eigenvalue weighted by atomic mass is 10.1. The first-order chi connectivity index (χ1) is 23.2. The molecular weight excluding hydrogens is 612 g/mol. The average Bonchev–Trinajstić information content (AvgIpc) is 3.08. The van der Waals surface area contributed by atoms with Crippen molar-refractivity contribution in [1.29, 1.82) is 0 Å². The van der Waals surface area contributed by atoms with E-state index in [1.165, 1.54) is 32.1 Å². The number of ether oxygens (including phenoxy) is 11. The Balaban J connectivity index is 3.11. The van der Waals surface area contributed by atoms with Gasteiger partial charge in [0.2, 0.25) is 0 Å². The van der Waals surface area contributed by atoms with Crippen LogP contribution in [0, 0.1) is 5.92 Å². The number of unbranched alkanes of at least 4 members (excludes halogenated alkanes) is 6. The Morgan fingerprint density at radius 3 is 1.04 bits per heavy atom. The summed E-state index contributed by atoms with van der Waals surface area (Å²) >= 11 is 0. The van der Waals surface area contributed by atoms with E-state index < -0.39 is 0 Å². The van der Waals surface area contributed by atoms with Crippen molar-refractivity contribution in [2.45, 2.75) is 78.6 Å². The molecule has 0 saturated carbocycles. The Morgan fingerprint density at radius 1 is 0.404 bits per heavy atom. The highest BCUT2D eigenvalue weighted by Gasteiger charge is 2.03. The van der Waals surface area contributed by atoms with Crippen LogP contribution in [0.5, 0.6) is 0 Å². The zero-order chi connectivity index (χ0) is 34.1. The van der Waals surface area contributed by atoms with E-state index in [4.69, 9.17) is 52.1 Å². The maximum Gasteiger partial charge on any atom is 0.305 e. The van der Waals surface area contributed by atoms with Crippen molar-refractivity contribution in [1.82, 2.24) is 0 Å². The highest BCUT2D eigenvalue weighted by Crippen LogP contribution is 2.08. The van der Waals surface area contributed by atoms with Gasteiger partial charge in [0.1, 0.15) is 6.61 Å². The number of carbonyl (C=O) groups is 1. The van der Waals surface area contributed by atoms with Gasteiger partial charge >= 0.3 is 5.97 Å². The molecule has 1 atom stereocenters. The molecule has 0 aromatic heterocycles. The third-order valence-corrected chi connectivity index (χ3v) is 6.92. The zero-order valence-corrected chi connectivity index (χ0v) is 30.2. The summed E-state index contributed by atoms with van der Waals surface area (Å²) in [4.78, 5) is 11.7. The first-order valence-electron chi connectivity index (χ1n) is 18.1. The Labute approximate surface area is 286 Å². The molecule has 0 radical (unpaired) electrons. The highest BCUT2D eigenvalue weighted by atomic mass is 16.6. The highest BCUT2D eigenvalue weighted by molar-refractivity contribution is 5.69. The lowest BCUT2D eigenvalue weighted by molar-refractivity contribution is -0.145.